The highest BCUT2D eigenvalue weighted by atomic mass is 32.2. The third-order valence-electron chi connectivity index (χ3n) is 4.94. The number of piperazine rings is 1. The summed E-state index contributed by atoms with van der Waals surface area (Å²) in [7, 11) is -1.71. The number of nitrogens with one attached hydrogen (secondary N) is 1. The Morgan fingerprint density at radius 3 is 2.32 bits per heavy atom. The van der Waals surface area contributed by atoms with Crippen LogP contribution in [0.3, 0.4) is 0 Å². The monoisotopic (exact) mass is 424 g/mol. The number of nitro groups is 1. The predicted molar refractivity (Wildman–Crippen MR) is 109 cm³/mol. The number of likely N-dealkylation sites (N-methyl/N-ethyl adjacent to an activating group) is 1. The molecule has 0 spiro atoms. The largest absolute Gasteiger partial charge is 0.304 e. The quantitative estimate of drug-likeness (QED) is 0.541. The minimum atomic E-state index is -3.79. The molecule has 0 bridgehead atoms. The van der Waals surface area contributed by atoms with Crippen molar-refractivity contribution in [3.05, 3.63) is 56.8 Å². The van der Waals surface area contributed by atoms with Crippen LogP contribution in [0.15, 0.2) is 46.7 Å². The van der Waals surface area contributed by atoms with Gasteiger partial charge in [-0.15, -0.1) is 11.3 Å². The van der Waals surface area contributed by atoms with Gasteiger partial charge >= 0.3 is 0 Å². The van der Waals surface area contributed by atoms with E-state index in [4.69, 9.17) is 0 Å². The molecule has 152 valence electrons. The SMILES string of the molecule is CC(NS(=O)(=O)c1ccc([N+](=O)[O-])cc1)C(c1cccs1)N1CCN(C)CC1. The first-order valence-electron chi connectivity index (χ1n) is 9.01. The highest BCUT2D eigenvalue weighted by Gasteiger charge is 2.32. The molecule has 1 fully saturated rings. The van der Waals surface area contributed by atoms with Crippen molar-refractivity contribution in [1.29, 1.82) is 0 Å². The second-order valence-electron chi connectivity index (χ2n) is 6.96. The smallest absolute Gasteiger partial charge is 0.269 e. The van der Waals surface area contributed by atoms with Gasteiger partial charge in [0.25, 0.3) is 5.69 Å². The van der Waals surface area contributed by atoms with E-state index in [2.05, 4.69) is 21.6 Å². The van der Waals surface area contributed by atoms with Gasteiger partial charge in [-0.1, -0.05) is 6.07 Å². The van der Waals surface area contributed by atoms with E-state index >= 15 is 0 Å². The summed E-state index contributed by atoms with van der Waals surface area (Å²) in [5, 5.41) is 12.8. The molecule has 2 atom stereocenters. The molecule has 0 radical (unpaired) electrons. The fraction of sp³-hybridized carbons (Fsp3) is 0.444. The minimum Gasteiger partial charge on any atom is -0.304 e. The fourth-order valence-electron chi connectivity index (χ4n) is 3.43. The van der Waals surface area contributed by atoms with Crippen LogP contribution in [0.2, 0.25) is 0 Å². The molecule has 2 heterocycles. The minimum absolute atomic E-state index is 0.0215. The maximum Gasteiger partial charge on any atom is 0.269 e. The van der Waals surface area contributed by atoms with Crippen LogP contribution in [0.5, 0.6) is 0 Å². The molecule has 1 aromatic heterocycles. The molecule has 0 saturated carbocycles. The van der Waals surface area contributed by atoms with E-state index in [9.17, 15) is 18.5 Å². The molecule has 2 aromatic rings. The van der Waals surface area contributed by atoms with Gasteiger partial charge in [0.15, 0.2) is 0 Å². The normalized spacial score (nSPS) is 18.6. The zero-order chi connectivity index (χ0) is 20.3. The first-order valence-corrected chi connectivity index (χ1v) is 11.4. The summed E-state index contributed by atoms with van der Waals surface area (Å²) >= 11 is 1.62. The topological polar surface area (TPSA) is 95.8 Å². The molecule has 1 aliphatic heterocycles. The maximum absolute atomic E-state index is 12.8. The summed E-state index contributed by atoms with van der Waals surface area (Å²) in [6.07, 6.45) is 0. The van der Waals surface area contributed by atoms with E-state index in [0.29, 0.717) is 0 Å². The van der Waals surface area contributed by atoms with Crippen LogP contribution >= 0.6 is 11.3 Å². The molecule has 0 aliphatic carbocycles. The second-order valence-corrected chi connectivity index (χ2v) is 9.65. The molecule has 1 N–H and O–H groups in total. The summed E-state index contributed by atoms with van der Waals surface area (Å²) in [4.78, 5) is 16.0. The number of thiophene rings is 1. The summed E-state index contributed by atoms with van der Waals surface area (Å²) in [6, 6.07) is 8.52. The van der Waals surface area contributed by atoms with E-state index in [0.717, 1.165) is 31.1 Å². The molecule has 1 saturated heterocycles. The lowest BCUT2D eigenvalue weighted by Gasteiger charge is -2.40. The third kappa shape index (κ3) is 4.76. The van der Waals surface area contributed by atoms with Crippen LogP contribution in [0.25, 0.3) is 0 Å². The lowest BCUT2D eigenvalue weighted by atomic mass is 10.1. The van der Waals surface area contributed by atoms with E-state index in [1.54, 1.807) is 11.3 Å². The molecule has 10 heteroatoms. The average Bonchev–Trinajstić information content (AvgIpc) is 3.17. The van der Waals surface area contributed by atoms with Crippen LogP contribution in [-0.4, -0.2) is 62.4 Å². The highest BCUT2D eigenvalue weighted by molar-refractivity contribution is 7.89. The Kier molecular flexibility index (Phi) is 6.46. The maximum atomic E-state index is 12.8. The third-order valence-corrected chi connectivity index (χ3v) is 7.46. The summed E-state index contributed by atoms with van der Waals surface area (Å²) < 4.78 is 28.4. The number of hydrogen-bond donors (Lipinski definition) is 1. The first-order chi connectivity index (χ1) is 13.3. The number of hydrogen-bond acceptors (Lipinski definition) is 7. The van der Waals surface area contributed by atoms with Gasteiger partial charge in [0.05, 0.1) is 15.9 Å². The van der Waals surface area contributed by atoms with Crippen LogP contribution in [0.4, 0.5) is 5.69 Å². The van der Waals surface area contributed by atoms with Gasteiger partial charge in [-0.2, -0.15) is 0 Å². The number of sulfonamides is 1. The molecular formula is C18H24N4O4S2. The Bertz CT molecular complexity index is 892. The fourth-order valence-corrected chi connectivity index (χ4v) is 5.64. The van der Waals surface area contributed by atoms with Crippen molar-refractivity contribution in [3.8, 4) is 0 Å². The predicted octanol–water partition coefficient (Wildman–Crippen LogP) is 2.31. The molecular weight excluding hydrogens is 400 g/mol. The van der Waals surface area contributed by atoms with Gasteiger partial charge < -0.3 is 4.90 Å². The Morgan fingerprint density at radius 1 is 1.14 bits per heavy atom. The van der Waals surface area contributed by atoms with Crippen molar-refractivity contribution in [3.63, 3.8) is 0 Å². The van der Waals surface area contributed by atoms with Crippen LogP contribution in [0, 0.1) is 10.1 Å². The van der Waals surface area contributed by atoms with Crippen molar-refractivity contribution in [2.75, 3.05) is 33.2 Å². The zero-order valence-electron chi connectivity index (χ0n) is 15.8. The van der Waals surface area contributed by atoms with Gasteiger partial charge in [-0.25, -0.2) is 13.1 Å². The van der Waals surface area contributed by atoms with Gasteiger partial charge in [-0.3, -0.25) is 15.0 Å². The molecule has 8 nitrogen and oxygen atoms in total. The number of rotatable bonds is 7. The van der Waals surface area contributed by atoms with E-state index in [1.165, 1.54) is 24.3 Å². The average molecular weight is 425 g/mol. The van der Waals surface area contributed by atoms with Crippen molar-refractivity contribution < 1.29 is 13.3 Å². The highest BCUT2D eigenvalue weighted by Crippen LogP contribution is 2.30. The van der Waals surface area contributed by atoms with E-state index < -0.39 is 14.9 Å². The molecule has 28 heavy (non-hydrogen) atoms. The molecule has 0 amide bonds. The Hall–Kier alpha value is -1.85. The summed E-state index contributed by atoms with van der Waals surface area (Å²) in [5.41, 5.74) is -0.138. The molecule has 2 unspecified atom stereocenters. The second kappa shape index (κ2) is 8.66. The van der Waals surface area contributed by atoms with Crippen molar-refractivity contribution in [2.45, 2.75) is 23.9 Å². The first kappa shape index (κ1) is 20.9. The van der Waals surface area contributed by atoms with Gasteiger partial charge in [0.1, 0.15) is 0 Å². The molecule has 1 aliphatic rings. The van der Waals surface area contributed by atoms with Crippen molar-refractivity contribution >= 4 is 27.0 Å². The Morgan fingerprint density at radius 2 is 1.79 bits per heavy atom. The number of nitro benzene ring substituents is 1. The van der Waals surface area contributed by atoms with Crippen LogP contribution in [0.1, 0.15) is 17.8 Å². The summed E-state index contributed by atoms with van der Waals surface area (Å²) in [5.74, 6) is 0. The van der Waals surface area contributed by atoms with Crippen LogP contribution in [-0.2, 0) is 10.0 Å². The van der Waals surface area contributed by atoms with Crippen molar-refractivity contribution in [2.24, 2.45) is 0 Å². The zero-order valence-corrected chi connectivity index (χ0v) is 17.4. The van der Waals surface area contributed by atoms with Gasteiger partial charge in [0.2, 0.25) is 10.0 Å². The number of benzene rings is 1. The lowest BCUT2D eigenvalue weighted by molar-refractivity contribution is -0.384. The van der Waals surface area contributed by atoms with Gasteiger partial charge in [0, 0.05) is 49.2 Å². The van der Waals surface area contributed by atoms with Crippen molar-refractivity contribution in [1.82, 2.24) is 14.5 Å². The molecule has 3 rings (SSSR count). The number of non-ortho nitro benzene ring substituents is 1. The van der Waals surface area contributed by atoms with E-state index in [1.807, 2.05) is 24.4 Å². The number of nitrogens with zero attached hydrogens (tertiary/aromatic N) is 3. The van der Waals surface area contributed by atoms with Gasteiger partial charge in [-0.05, 0) is 37.6 Å². The van der Waals surface area contributed by atoms with Crippen LogP contribution < -0.4 is 4.72 Å². The van der Waals surface area contributed by atoms with E-state index in [-0.39, 0.29) is 22.7 Å². The standard InChI is InChI=1S/C18H24N4O4S2/c1-14(19-28(25,26)16-7-5-15(6-8-16)22(23)24)18(17-4-3-13-27-17)21-11-9-20(2)10-12-21/h3-8,13-14,18-19H,9-12H2,1-2H3. The lowest BCUT2D eigenvalue weighted by Crippen LogP contribution is -2.51. The Labute approximate surface area is 169 Å². The Balaban J connectivity index is 1.80. The molecule has 1 aromatic carbocycles. The summed E-state index contributed by atoms with van der Waals surface area (Å²) in [6.45, 7) is 5.46.